The maximum absolute atomic E-state index is 13.7. The van der Waals surface area contributed by atoms with Gasteiger partial charge in [-0.15, -0.1) is 0 Å². The standard InChI is InChI=1S/C26H30FN3O4S2/c1-17-12-18(2)15-29(14-17)36(32,33)22-8-5-19(6-9-22)25(31)30(16-21-4-3-11-34-21)26-28-23-10-7-20(27)13-24(23)35-26/h5-10,13,17-18,21H,3-4,11-12,14-16H2,1-2H3. The number of hydrogen-bond acceptors (Lipinski definition) is 6. The molecule has 2 aliphatic heterocycles. The Bertz CT molecular complexity index is 1340. The molecular weight excluding hydrogens is 501 g/mol. The third-order valence-corrected chi connectivity index (χ3v) is 9.69. The van der Waals surface area contributed by atoms with Gasteiger partial charge in [-0.05, 0) is 73.6 Å². The van der Waals surface area contributed by atoms with Crippen LogP contribution in [-0.2, 0) is 14.8 Å². The molecule has 10 heteroatoms. The lowest BCUT2D eigenvalue weighted by Crippen LogP contribution is -2.42. The Morgan fingerprint density at radius 3 is 2.56 bits per heavy atom. The van der Waals surface area contributed by atoms with E-state index in [2.05, 4.69) is 18.8 Å². The Labute approximate surface area is 214 Å². The molecule has 3 atom stereocenters. The molecule has 3 aromatic rings. The fraction of sp³-hybridized carbons (Fsp3) is 0.462. The molecule has 2 fully saturated rings. The van der Waals surface area contributed by atoms with Crippen molar-refractivity contribution in [2.45, 2.75) is 44.1 Å². The van der Waals surface area contributed by atoms with Gasteiger partial charge < -0.3 is 4.74 Å². The van der Waals surface area contributed by atoms with Gasteiger partial charge in [-0.3, -0.25) is 9.69 Å². The average Bonchev–Trinajstić information content (AvgIpc) is 3.51. The highest BCUT2D eigenvalue weighted by atomic mass is 32.2. The Morgan fingerprint density at radius 2 is 1.89 bits per heavy atom. The predicted molar refractivity (Wildman–Crippen MR) is 138 cm³/mol. The summed E-state index contributed by atoms with van der Waals surface area (Å²) in [6, 6.07) is 10.5. The summed E-state index contributed by atoms with van der Waals surface area (Å²) in [5.41, 5.74) is 0.978. The Balaban J connectivity index is 1.42. The van der Waals surface area contributed by atoms with Crippen molar-refractivity contribution < 1.29 is 22.3 Å². The fourth-order valence-corrected chi connectivity index (χ4v) is 7.80. The zero-order valence-electron chi connectivity index (χ0n) is 20.4. The smallest absolute Gasteiger partial charge is 0.260 e. The van der Waals surface area contributed by atoms with Crippen LogP contribution < -0.4 is 4.90 Å². The normalized spacial score (nSPS) is 23.2. The molecule has 0 spiro atoms. The number of piperidine rings is 1. The molecular formula is C26H30FN3O4S2. The highest BCUT2D eigenvalue weighted by Gasteiger charge is 2.32. The van der Waals surface area contributed by atoms with Crippen LogP contribution in [0.4, 0.5) is 9.52 Å². The van der Waals surface area contributed by atoms with E-state index in [4.69, 9.17) is 4.74 Å². The van der Waals surface area contributed by atoms with Gasteiger partial charge in [0.25, 0.3) is 5.91 Å². The van der Waals surface area contributed by atoms with Gasteiger partial charge in [-0.2, -0.15) is 4.31 Å². The first-order valence-corrected chi connectivity index (χ1v) is 14.6. The van der Waals surface area contributed by atoms with Crippen LogP contribution in [0, 0.1) is 17.7 Å². The van der Waals surface area contributed by atoms with Crippen LogP contribution in [0.25, 0.3) is 10.2 Å². The van der Waals surface area contributed by atoms with Crippen molar-refractivity contribution in [3.63, 3.8) is 0 Å². The van der Waals surface area contributed by atoms with Crippen LogP contribution in [0.1, 0.15) is 43.5 Å². The number of amides is 1. The number of anilines is 1. The molecule has 2 saturated heterocycles. The van der Waals surface area contributed by atoms with Crippen molar-refractivity contribution in [3.05, 3.63) is 53.8 Å². The summed E-state index contributed by atoms with van der Waals surface area (Å²) < 4.78 is 48.2. The third kappa shape index (κ3) is 5.18. The minimum absolute atomic E-state index is 0.111. The van der Waals surface area contributed by atoms with Crippen molar-refractivity contribution in [3.8, 4) is 0 Å². The maximum Gasteiger partial charge on any atom is 0.260 e. The van der Waals surface area contributed by atoms with Gasteiger partial charge in [-0.1, -0.05) is 25.2 Å². The van der Waals surface area contributed by atoms with Gasteiger partial charge in [0, 0.05) is 25.3 Å². The van der Waals surface area contributed by atoms with Crippen molar-refractivity contribution in [1.82, 2.24) is 9.29 Å². The lowest BCUT2D eigenvalue weighted by Gasteiger charge is -2.34. The van der Waals surface area contributed by atoms with Crippen molar-refractivity contribution in [1.29, 1.82) is 0 Å². The predicted octanol–water partition coefficient (Wildman–Crippen LogP) is 4.93. The third-order valence-electron chi connectivity index (χ3n) is 6.80. The number of carbonyl (C=O) groups is 1. The molecule has 36 heavy (non-hydrogen) atoms. The lowest BCUT2D eigenvalue weighted by atomic mass is 9.94. The second-order valence-corrected chi connectivity index (χ2v) is 12.9. The minimum Gasteiger partial charge on any atom is -0.376 e. The van der Waals surface area contributed by atoms with Crippen LogP contribution in [0.2, 0.25) is 0 Å². The molecule has 2 aromatic carbocycles. The Hall–Kier alpha value is -2.40. The average molecular weight is 532 g/mol. The van der Waals surface area contributed by atoms with Crippen LogP contribution in [-0.4, -0.2) is 56.0 Å². The number of fused-ring (bicyclic) bond motifs is 1. The van der Waals surface area contributed by atoms with E-state index in [1.165, 1.54) is 35.6 Å². The van der Waals surface area contributed by atoms with E-state index < -0.39 is 10.0 Å². The molecule has 7 nitrogen and oxygen atoms in total. The zero-order chi connectivity index (χ0) is 25.4. The number of nitrogens with zero attached hydrogens (tertiary/aromatic N) is 3. The number of carbonyl (C=O) groups excluding carboxylic acids is 1. The van der Waals surface area contributed by atoms with Gasteiger partial charge in [0.2, 0.25) is 10.0 Å². The van der Waals surface area contributed by atoms with Gasteiger partial charge in [0.1, 0.15) is 5.82 Å². The topological polar surface area (TPSA) is 79.8 Å². The monoisotopic (exact) mass is 531 g/mol. The molecule has 1 amide bonds. The molecule has 5 rings (SSSR count). The maximum atomic E-state index is 13.7. The van der Waals surface area contributed by atoms with E-state index in [-0.39, 0.29) is 22.7 Å². The summed E-state index contributed by atoms with van der Waals surface area (Å²) in [6.07, 6.45) is 2.67. The number of halogens is 1. The van der Waals surface area contributed by atoms with E-state index in [9.17, 15) is 17.6 Å². The molecule has 2 aliphatic rings. The molecule has 0 radical (unpaired) electrons. The van der Waals surface area contributed by atoms with E-state index in [0.29, 0.717) is 59.0 Å². The van der Waals surface area contributed by atoms with Crippen LogP contribution in [0.15, 0.2) is 47.4 Å². The highest BCUT2D eigenvalue weighted by molar-refractivity contribution is 7.89. The summed E-state index contributed by atoms with van der Waals surface area (Å²) in [6.45, 7) is 6.11. The largest absolute Gasteiger partial charge is 0.376 e. The first-order chi connectivity index (χ1) is 17.2. The van der Waals surface area contributed by atoms with Crippen LogP contribution in [0.3, 0.4) is 0 Å². The van der Waals surface area contributed by atoms with Crippen LogP contribution in [0.5, 0.6) is 0 Å². The highest BCUT2D eigenvalue weighted by Crippen LogP contribution is 2.32. The van der Waals surface area contributed by atoms with E-state index in [1.807, 2.05) is 0 Å². The van der Waals surface area contributed by atoms with Crippen molar-refractivity contribution in [2.24, 2.45) is 11.8 Å². The number of ether oxygens (including phenoxy) is 1. The molecule has 0 bridgehead atoms. The Morgan fingerprint density at radius 1 is 1.17 bits per heavy atom. The number of aromatic nitrogens is 1. The number of rotatable bonds is 6. The minimum atomic E-state index is -3.64. The molecule has 1 aromatic heterocycles. The molecule has 3 heterocycles. The molecule has 192 valence electrons. The summed E-state index contributed by atoms with van der Waals surface area (Å²) in [4.78, 5) is 19.9. The summed E-state index contributed by atoms with van der Waals surface area (Å²) in [7, 11) is -3.64. The first-order valence-electron chi connectivity index (χ1n) is 12.3. The van der Waals surface area contributed by atoms with Gasteiger partial charge >= 0.3 is 0 Å². The van der Waals surface area contributed by atoms with E-state index >= 15 is 0 Å². The summed E-state index contributed by atoms with van der Waals surface area (Å²) >= 11 is 1.25. The van der Waals surface area contributed by atoms with Gasteiger partial charge in [0.05, 0.1) is 27.8 Å². The fourth-order valence-electron chi connectivity index (χ4n) is 5.12. The second-order valence-electron chi connectivity index (χ2n) is 9.95. The molecule has 0 N–H and O–H groups in total. The quantitative estimate of drug-likeness (QED) is 0.451. The van der Waals surface area contributed by atoms with Gasteiger partial charge in [0.15, 0.2) is 5.13 Å². The first kappa shape index (κ1) is 25.3. The van der Waals surface area contributed by atoms with Crippen LogP contribution >= 0.6 is 11.3 Å². The zero-order valence-corrected chi connectivity index (χ0v) is 22.0. The second kappa shape index (κ2) is 10.2. The molecule has 0 aliphatic carbocycles. The van der Waals surface area contributed by atoms with Gasteiger partial charge in [-0.25, -0.2) is 17.8 Å². The number of thiazole rings is 1. The van der Waals surface area contributed by atoms with Crippen molar-refractivity contribution in [2.75, 3.05) is 31.1 Å². The molecule has 3 unspecified atom stereocenters. The number of sulfonamides is 1. The molecule has 0 saturated carbocycles. The lowest BCUT2D eigenvalue weighted by molar-refractivity contribution is 0.0917. The van der Waals surface area contributed by atoms with E-state index in [1.54, 1.807) is 27.4 Å². The summed E-state index contributed by atoms with van der Waals surface area (Å²) in [5, 5.41) is 0.462. The Kier molecular flexibility index (Phi) is 7.13. The number of benzene rings is 2. The van der Waals surface area contributed by atoms with Crippen molar-refractivity contribution >= 4 is 42.6 Å². The SMILES string of the molecule is CC1CC(C)CN(S(=O)(=O)c2ccc(C(=O)N(CC3CCCO3)c3nc4ccc(F)cc4s3)cc2)C1. The van der Waals surface area contributed by atoms with E-state index in [0.717, 1.165) is 19.3 Å². The summed E-state index contributed by atoms with van der Waals surface area (Å²) in [5.74, 6) is -0.0470. The number of hydrogen-bond donors (Lipinski definition) is 0.